The van der Waals surface area contributed by atoms with Gasteiger partial charge in [-0.1, -0.05) is 40.2 Å². The van der Waals surface area contributed by atoms with Crippen LogP contribution in [0.4, 0.5) is 5.69 Å². The van der Waals surface area contributed by atoms with E-state index in [1.807, 2.05) is 60.1 Å². The van der Waals surface area contributed by atoms with Crippen LogP contribution in [0.2, 0.25) is 0 Å². The van der Waals surface area contributed by atoms with Gasteiger partial charge in [-0.2, -0.15) is 5.10 Å². The predicted molar refractivity (Wildman–Crippen MR) is 126 cm³/mol. The summed E-state index contributed by atoms with van der Waals surface area (Å²) in [5, 5.41) is 6.98. The zero-order valence-corrected chi connectivity index (χ0v) is 18.9. The molecule has 4 aromatic rings. The standard InChI is InChI=1S/C23H19BrN4OS/c1-16(17-10-12-25-13-11-17)27-28-21(18-6-5-7-19(24)14-18)15-30-23(28)26-20-8-3-4-9-22(20)29-2/h3-15H,1-2H3/b26-23?,27-16+. The number of hydrogen-bond acceptors (Lipinski definition) is 5. The number of thiazole rings is 1. The summed E-state index contributed by atoms with van der Waals surface area (Å²) in [5.74, 6) is 0.719. The first-order chi connectivity index (χ1) is 14.7. The third kappa shape index (κ3) is 4.42. The second-order valence-electron chi connectivity index (χ2n) is 6.43. The summed E-state index contributed by atoms with van der Waals surface area (Å²) in [6.07, 6.45) is 3.53. The molecular formula is C23H19BrN4OS. The van der Waals surface area contributed by atoms with E-state index in [-0.39, 0.29) is 0 Å². The summed E-state index contributed by atoms with van der Waals surface area (Å²) in [6.45, 7) is 1.98. The zero-order chi connectivity index (χ0) is 20.9. The highest BCUT2D eigenvalue weighted by atomic mass is 79.9. The number of nitrogens with zero attached hydrogens (tertiary/aromatic N) is 4. The maximum atomic E-state index is 5.47. The molecule has 30 heavy (non-hydrogen) atoms. The fraction of sp³-hybridized carbons (Fsp3) is 0.0870. The van der Waals surface area contributed by atoms with E-state index >= 15 is 0 Å². The van der Waals surface area contributed by atoms with Crippen LogP contribution >= 0.6 is 27.3 Å². The monoisotopic (exact) mass is 478 g/mol. The number of hydrogen-bond donors (Lipinski definition) is 0. The third-order valence-corrected chi connectivity index (χ3v) is 5.76. The van der Waals surface area contributed by atoms with E-state index < -0.39 is 0 Å². The number of benzene rings is 2. The van der Waals surface area contributed by atoms with E-state index in [0.717, 1.165) is 43.2 Å². The SMILES string of the molecule is COc1ccccc1N=c1scc(-c2cccc(Br)c2)n1/N=C(\C)c1ccncc1. The summed E-state index contributed by atoms with van der Waals surface area (Å²) >= 11 is 5.10. The second kappa shape index (κ2) is 9.19. The Morgan fingerprint density at radius 3 is 2.63 bits per heavy atom. The lowest BCUT2D eigenvalue weighted by molar-refractivity contribution is 0.416. The summed E-state index contributed by atoms with van der Waals surface area (Å²) in [6, 6.07) is 19.8. The summed E-state index contributed by atoms with van der Waals surface area (Å²) in [4.78, 5) is 9.70. The van der Waals surface area contributed by atoms with Gasteiger partial charge in [0.05, 0.1) is 18.5 Å². The molecule has 0 atom stereocenters. The van der Waals surface area contributed by atoms with Crippen molar-refractivity contribution in [3.05, 3.63) is 93.3 Å². The van der Waals surface area contributed by atoms with E-state index in [1.165, 1.54) is 11.3 Å². The molecule has 0 aliphatic rings. The first kappa shape index (κ1) is 20.3. The van der Waals surface area contributed by atoms with Crippen molar-refractivity contribution in [2.75, 3.05) is 7.11 Å². The molecule has 0 N–H and O–H groups in total. The number of ether oxygens (including phenoxy) is 1. The van der Waals surface area contributed by atoms with E-state index in [1.54, 1.807) is 19.5 Å². The van der Waals surface area contributed by atoms with Crippen LogP contribution in [0, 0.1) is 0 Å². The molecule has 0 spiro atoms. The van der Waals surface area contributed by atoms with E-state index in [2.05, 4.69) is 38.4 Å². The molecule has 2 aromatic carbocycles. The minimum Gasteiger partial charge on any atom is -0.494 e. The molecule has 0 aliphatic carbocycles. The lowest BCUT2D eigenvalue weighted by Crippen LogP contribution is -2.14. The third-order valence-electron chi connectivity index (χ3n) is 4.46. The Kier molecular flexibility index (Phi) is 6.21. The first-order valence-corrected chi connectivity index (χ1v) is 10.9. The normalized spacial score (nSPS) is 12.2. The zero-order valence-electron chi connectivity index (χ0n) is 16.5. The number of halogens is 1. The lowest BCUT2D eigenvalue weighted by atomic mass is 10.2. The number of methoxy groups -OCH3 is 1. The molecule has 0 aliphatic heterocycles. The molecule has 0 fully saturated rings. The molecule has 2 heterocycles. The molecule has 4 rings (SSSR count). The molecule has 0 bridgehead atoms. The minimum absolute atomic E-state index is 0.719. The maximum Gasteiger partial charge on any atom is 0.211 e. The van der Waals surface area contributed by atoms with Gasteiger partial charge in [-0.25, -0.2) is 9.67 Å². The molecule has 0 saturated carbocycles. The highest BCUT2D eigenvalue weighted by Crippen LogP contribution is 2.27. The van der Waals surface area contributed by atoms with Gasteiger partial charge in [-0.15, -0.1) is 11.3 Å². The molecular weight excluding hydrogens is 460 g/mol. The van der Waals surface area contributed by atoms with E-state index in [4.69, 9.17) is 14.8 Å². The van der Waals surface area contributed by atoms with Crippen molar-refractivity contribution in [2.24, 2.45) is 10.1 Å². The van der Waals surface area contributed by atoms with E-state index in [0.29, 0.717) is 0 Å². The number of para-hydroxylation sites is 2. The fourth-order valence-electron chi connectivity index (χ4n) is 2.95. The first-order valence-electron chi connectivity index (χ1n) is 9.26. The summed E-state index contributed by atoms with van der Waals surface area (Å²) in [5.41, 5.74) is 4.64. The molecule has 5 nitrogen and oxygen atoms in total. The van der Waals surface area contributed by atoms with Crippen LogP contribution in [0.3, 0.4) is 0 Å². The molecule has 0 saturated heterocycles. The van der Waals surface area contributed by atoms with Crippen molar-refractivity contribution in [3.63, 3.8) is 0 Å². The van der Waals surface area contributed by atoms with Crippen LogP contribution in [-0.4, -0.2) is 22.5 Å². The van der Waals surface area contributed by atoms with Gasteiger partial charge in [0.15, 0.2) is 0 Å². The van der Waals surface area contributed by atoms with Gasteiger partial charge in [0, 0.05) is 33.4 Å². The Bertz CT molecular complexity index is 1260. The average Bonchev–Trinajstić information content (AvgIpc) is 3.16. The van der Waals surface area contributed by atoms with Gasteiger partial charge >= 0.3 is 0 Å². The van der Waals surface area contributed by atoms with Crippen molar-refractivity contribution in [3.8, 4) is 17.0 Å². The van der Waals surface area contributed by atoms with Gasteiger partial charge in [0.2, 0.25) is 4.80 Å². The molecule has 0 amide bonds. The van der Waals surface area contributed by atoms with Crippen molar-refractivity contribution in [2.45, 2.75) is 6.92 Å². The summed E-state index contributed by atoms with van der Waals surface area (Å²) < 4.78 is 8.36. The second-order valence-corrected chi connectivity index (χ2v) is 8.18. The Morgan fingerprint density at radius 1 is 1.07 bits per heavy atom. The van der Waals surface area contributed by atoms with Crippen LogP contribution in [-0.2, 0) is 0 Å². The smallest absolute Gasteiger partial charge is 0.211 e. The number of pyridine rings is 1. The van der Waals surface area contributed by atoms with Gasteiger partial charge in [0.25, 0.3) is 0 Å². The van der Waals surface area contributed by atoms with Crippen LogP contribution in [0.5, 0.6) is 5.75 Å². The highest BCUT2D eigenvalue weighted by molar-refractivity contribution is 9.10. The largest absolute Gasteiger partial charge is 0.494 e. The van der Waals surface area contributed by atoms with Crippen molar-refractivity contribution >= 4 is 38.7 Å². The Balaban J connectivity index is 1.92. The van der Waals surface area contributed by atoms with Gasteiger partial charge < -0.3 is 4.74 Å². The molecule has 7 heteroatoms. The van der Waals surface area contributed by atoms with Crippen molar-refractivity contribution in [1.29, 1.82) is 0 Å². The van der Waals surface area contributed by atoms with Crippen LogP contribution in [0.25, 0.3) is 11.3 Å². The highest BCUT2D eigenvalue weighted by Gasteiger charge is 2.10. The predicted octanol–water partition coefficient (Wildman–Crippen LogP) is 5.89. The minimum atomic E-state index is 0.719. The molecule has 0 unspecified atom stereocenters. The van der Waals surface area contributed by atoms with Crippen LogP contribution in [0.1, 0.15) is 12.5 Å². The molecule has 2 aromatic heterocycles. The van der Waals surface area contributed by atoms with Crippen molar-refractivity contribution < 1.29 is 4.74 Å². The van der Waals surface area contributed by atoms with Gasteiger partial charge in [-0.3, -0.25) is 4.98 Å². The maximum absolute atomic E-state index is 5.47. The summed E-state index contributed by atoms with van der Waals surface area (Å²) in [7, 11) is 1.65. The average molecular weight is 479 g/mol. The van der Waals surface area contributed by atoms with Crippen molar-refractivity contribution in [1.82, 2.24) is 9.66 Å². The van der Waals surface area contributed by atoms with Crippen LogP contribution in [0.15, 0.2) is 93.0 Å². The topological polar surface area (TPSA) is 51.8 Å². The van der Waals surface area contributed by atoms with Gasteiger partial charge in [-0.05, 0) is 43.3 Å². The number of rotatable bonds is 5. The quantitative estimate of drug-likeness (QED) is 0.336. The fourth-order valence-corrected chi connectivity index (χ4v) is 4.19. The Hall–Kier alpha value is -3.03. The number of aromatic nitrogens is 2. The Morgan fingerprint density at radius 2 is 1.87 bits per heavy atom. The lowest BCUT2D eigenvalue weighted by Gasteiger charge is -2.07. The Labute approximate surface area is 187 Å². The van der Waals surface area contributed by atoms with Crippen LogP contribution < -0.4 is 9.54 Å². The van der Waals surface area contributed by atoms with Gasteiger partial charge in [0.1, 0.15) is 11.4 Å². The van der Waals surface area contributed by atoms with E-state index in [9.17, 15) is 0 Å². The molecule has 150 valence electrons. The molecule has 0 radical (unpaired) electrons.